The number of benzene rings is 2. The molecular formula is C19H19N5O7. The third kappa shape index (κ3) is 4.69. The average Bonchev–Trinajstić information content (AvgIpc) is 3.28. The van der Waals surface area contributed by atoms with Gasteiger partial charge in [0.05, 0.1) is 29.2 Å². The molecule has 3 rings (SSSR count). The quantitative estimate of drug-likeness (QED) is 0.386. The van der Waals surface area contributed by atoms with Crippen LogP contribution < -0.4 is 15.1 Å². The smallest absolute Gasteiger partial charge is 0.293 e. The summed E-state index contributed by atoms with van der Waals surface area (Å²) in [6.45, 7) is 1.43. The molecule has 0 aliphatic carbocycles. The summed E-state index contributed by atoms with van der Waals surface area (Å²) < 4.78 is 4.89. The van der Waals surface area contributed by atoms with Gasteiger partial charge in [-0.15, -0.1) is 0 Å². The van der Waals surface area contributed by atoms with Gasteiger partial charge in [0.1, 0.15) is 5.69 Å². The molecule has 12 heteroatoms. The van der Waals surface area contributed by atoms with Gasteiger partial charge in [0, 0.05) is 36.3 Å². The molecule has 31 heavy (non-hydrogen) atoms. The van der Waals surface area contributed by atoms with Gasteiger partial charge in [-0.25, -0.2) is 5.43 Å². The van der Waals surface area contributed by atoms with Crippen molar-refractivity contribution in [2.24, 2.45) is 5.10 Å². The van der Waals surface area contributed by atoms with Crippen LogP contribution in [0.25, 0.3) is 0 Å². The van der Waals surface area contributed by atoms with Crippen LogP contribution in [0.2, 0.25) is 0 Å². The molecule has 162 valence electrons. The first-order valence-electron chi connectivity index (χ1n) is 9.24. The van der Waals surface area contributed by atoms with Gasteiger partial charge in [-0.2, -0.15) is 5.10 Å². The van der Waals surface area contributed by atoms with E-state index in [9.17, 15) is 30.1 Å². The summed E-state index contributed by atoms with van der Waals surface area (Å²) in [6, 6.07) is 6.26. The van der Waals surface area contributed by atoms with Crippen LogP contribution in [0.4, 0.5) is 17.1 Å². The Kier molecular flexibility index (Phi) is 6.29. The van der Waals surface area contributed by atoms with Crippen LogP contribution in [0.15, 0.2) is 35.4 Å². The standard InChI is InChI=1S/C19H19N5O7/c1-31-17-10-14(23(27)28)8-13(18(17)25)11-20-21-19(26)12-4-5-15(16(9-12)24(29)30)22-6-2-3-7-22/h4-5,8-11,25H,2-3,6-7H2,1H3,(H,21,26)/b20-11+. The molecule has 2 aromatic carbocycles. The first-order chi connectivity index (χ1) is 14.8. The lowest BCUT2D eigenvalue weighted by molar-refractivity contribution is -0.385. The average molecular weight is 429 g/mol. The Morgan fingerprint density at radius 2 is 1.90 bits per heavy atom. The van der Waals surface area contributed by atoms with Crippen molar-refractivity contribution < 1.29 is 24.5 Å². The number of hydrogen-bond acceptors (Lipinski definition) is 9. The SMILES string of the molecule is COc1cc([N+](=O)[O-])cc(/C=N/NC(=O)c2ccc(N3CCCC3)c([N+](=O)[O-])c2)c1O. The van der Waals surface area contributed by atoms with Gasteiger partial charge < -0.3 is 14.7 Å². The molecule has 0 aromatic heterocycles. The number of phenols is 1. The lowest BCUT2D eigenvalue weighted by atomic mass is 10.1. The van der Waals surface area contributed by atoms with Crippen LogP contribution in [0.5, 0.6) is 11.5 Å². The Balaban J connectivity index is 1.80. The Hall–Kier alpha value is -4.22. The topological polar surface area (TPSA) is 160 Å². The highest BCUT2D eigenvalue weighted by Crippen LogP contribution is 2.34. The number of ether oxygens (including phenoxy) is 1. The Morgan fingerprint density at radius 3 is 2.52 bits per heavy atom. The number of hydrazone groups is 1. The molecule has 1 heterocycles. The van der Waals surface area contributed by atoms with Crippen LogP contribution in [-0.4, -0.2) is 47.3 Å². The molecule has 2 N–H and O–H groups in total. The van der Waals surface area contributed by atoms with Crippen LogP contribution in [0.3, 0.4) is 0 Å². The molecule has 0 spiro atoms. The van der Waals surface area contributed by atoms with E-state index in [0.29, 0.717) is 18.8 Å². The van der Waals surface area contributed by atoms with Gasteiger partial charge in [0.15, 0.2) is 11.5 Å². The summed E-state index contributed by atoms with van der Waals surface area (Å²) in [6.07, 6.45) is 2.91. The van der Waals surface area contributed by atoms with E-state index < -0.39 is 21.5 Å². The number of aromatic hydroxyl groups is 1. The minimum absolute atomic E-state index is 0.0210. The number of nitrogens with zero attached hydrogens (tertiary/aromatic N) is 4. The molecule has 0 radical (unpaired) electrons. The predicted octanol–water partition coefficient (Wildman–Crippen LogP) is 2.58. The lowest BCUT2D eigenvalue weighted by Gasteiger charge is -2.17. The number of methoxy groups -OCH3 is 1. The van der Waals surface area contributed by atoms with Crippen molar-refractivity contribution in [2.75, 3.05) is 25.1 Å². The number of hydrogen-bond donors (Lipinski definition) is 2. The molecule has 1 amide bonds. The zero-order valence-corrected chi connectivity index (χ0v) is 16.5. The number of nitrogens with one attached hydrogen (secondary N) is 1. The van der Waals surface area contributed by atoms with E-state index in [2.05, 4.69) is 10.5 Å². The monoisotopic (exact) mass is 429 g/mol. The fourth-order valence-electron chi connectivity index (χ4n) is 3.24. The van der Waals surface area contributed by atoms with Crippen molar-refractivity contribution >= 4 is 29.2 Å². The third-order valence-electron chi connectivity index (χ3n) is 4.77. The van der Waals surface area contributed by atoms with E-state index in [1.165, 1.54) is 25.3 Å². The zero-order chi connectivity index (χ0) is 22.5. The molecular weight excluding hydrogens is 410 g/mol. The second kappa shape index (κ2) is 9.07. The molecule has 0 bridgehead atoms. The number of phenolic OH excluding ortho intramolecular Hbond substituents is 1. The lowest BCUT2D eigenvalue weighted by Crippen LogP contribution is -2.21. The van der Waals surface area contributed by atoms with Gasteiger partial charge in [0.2, 0.25) is 0 Å². The van der Waals surface area contributed by atoms with Crippen molar-refractivity contribution in [1.82, 2.24) is 5.43 Å². The van der Waals surface area contributed by atoms with Crippen molar-refractivity contribution in [1.29, 1.82) is 0 Å². The first kappa shape index (κ1) is 21.5. The normalized spacial score (nSPS) is 13.4. The molecule has 1 aliphatic rings. The molecule has 0 unspecified atom stereocenters. The first-order valence-corrected chi connectivity index (χ1v) is 9.24. The van der Waals surface area contributed by atoms with Gasteiger partial charge in [-0.1, -0.05) is 0 Å². The van der Waals surface area contributed by atoms with Crippen molar-refractivity contribution in [2.45, 2.75) is 12.8 Å². The fraction of sp³-hybridized carbons (Fsp3) is 0.263. The van der Waals surface area contributed by atoms with Gasteiger partial charge in [-0.05, 0) is 25.0 Å². The minimum atomic E-state index is -0.718. The number of amides is 1. The molecule has 2 aromatic rings. The highest BCUT2D eigenvalue weighted by Gasteiger charge is 2.24. The number of nitro groups is 2. The number of carbonyl (C=O) groups excluding carboxylic acids is 1. The third-order valence-corrected chi connectivity index (χ3v) is 4.77. The van der Waals surface area contributed by atoms with Crippen molar-refractivity contribution in [3.05, 3.63) is 61.7 Å². The molecule has 1 fully saturated rings. The van der Waals surface area contributed by atoms with Gasteiger partial charge >= 0.3 is 0 Å². The Morgan fingerprint density at radius 1 is 1.19 bits per heavy atom. The van der Waals surface area contributed by atoms with E-state index in [0.717, 1.165) is 31.2 Å². The number of nitro benzene ring substituents is 2. The Bertz CT molecular complexity index is 1060. The van der Waals surface area contributed by atoms with E-state index in [1.807, 2.05) is 4.90 Å². The summed E-state index contributed by atoms with van der Waals surface area (Å²) in [5.41, 5.74) is 2.09. The summed E-state index contributed by atoms with van der Waals surface area (Å²) in [7, 11) is 1.24. The highest BCUT2D eigenvalue weighted by molar-refractivity contribution is 5.96. The summed E-state index contributed by atoms with van der Waals surface area (Å²) in [4.78, 5) is 35.5. The maximum atomic E-state index is 12.4. The molecule has 12 nitrogen and oxygen atoms in total. The molecule has 1 aliphatic heterocycles. The number of non-ortho nitro benzene ring substituents is 1. The zero-order valence-electron chi connectivity index (χ0n) is 16.5. The Labute approximate surface area is 176 Å². The van der Waals surface area contributed by atoms with Crippen LogP contribution >= 0.6 is 0 Å². The minimum Gasteiger partial charge on any atom is -0.504 e. The van der Waals surface area contributed by atoms with Crippen LogP contribution in [0.1, 0.15) is 28.8 Å². The van der Waals surface area contributed by atoms with E-state index >= 15 is 0 Å². The molecule has 0 atom stereocenters. The van der Waals surface area contributed by atoms with Crippen molar-refractivity contribution in [3.63, 3.8) is 0 Å². The largest absolute Gasteiger partial charge is 0.504 e. The van der Waals surface area contributed by atoms with Gasteiger partial charge in [-0.3, -0.25) is 25.0 Å². The molecule has 0 saturated carbocycles. The predicted molar refractivity (Wildman–Crippen MR) is 111 cm³/mol. The van der Waals surface area contributed by atoms with E-state index in [-0.39, 0.29) is 28.3 Å². The summed E-state index contributed by atoms with van der Waals surface area (Å²) >= 11 is 0. The van der Waals surface area contributed by atoms with Crippen molar-refractivity contribution in [3.8, 4) is 11.5 Å². The second-order valence-electron chi connectivity index (χ2n) is 6.70. The summed E-state index contributed by atoms with van der Waals surface area (Å²) in [5, 5.41) is 36.2. The number of carbonyl (C=O) groups is 1. The van der Waals surface area contributed by atoms with E-state index in [1.54, 1.807) is 0 Å². The number of anilines is 1. The fourth-order valence-corrected chi connectivity index (χ4v) is 3.24. The maximum Gasteiger partial charge on any atom is 0.293 e. The van der Waals surface area contributed by atoms with Gasteiger partial charge in [0.25, 0.3) is 17.3 Å². The molecule has 1 saturated heterocycles. The highest BCUT2D eigenvalue weighted by atomic mass is 16.6. The number of rotatable bonds is 7. The van der Waals surface area contributed by atoms with E-state index in [4.69, 9.17) is 4.74 Å². The van der Waals surface area contributed by atoms with Crippen LogP contribution in [0, 0.1) is 20.2 Å². The second-order valence-corrected chi connectivity index (χ2v) is 6.70. The maximum absolute atomic E-state index is 12.4. The summed E-state index contributed by atoms with van der Waals surface area (Å²) in [5.74, 6) is -1.24. The van der Waals surface area contributed by atoms with Crippen LogP contribution in [-0.2, 0) is 0 Å².